The van der Waals surface area contributed by atoms with Gasteiger partial charge in [-0.2, -0.15) is 0 Å². The predicted molar refractivity (Wildman–Crippen MR) is 157 cm³/mol. The Hall–Kier alpha value is -3.42. The van der Waals surface area contributed by atoms with E-state index in [1.807, 2.05) is 55.6 Å². The summed E-state index contributed by atoms with van der Waals surface area (Å²) in [5.41, 5.74) is 4.31. The van der Waals surface area contributed by atoms with E-state index in [4.69, 9.17) is 4.74 Å². The van der Waals surface area contributed by atoms with Gasteiger partial charge in [0, 0.05) is 70.2 Å². The quantitative estimate of drug-likeness (QED) is 0.430. The molecule has 2 atom stereocenters. The zero-order chi connectivity index (χ0) is 27.0. The van der Waals surface area contributed by atoms with Crippen molar-refractivity contribution < 1.29 is 9.53 Å². The molecule has 3 heterocycles. The van der Waals surface area contributed by atoms with Gasteiger partial charge in [0.2, 0.25) is 5.91 Å². The van der Waals surface area contributed by atoms with E-state index in [-0.39, 0.29) is 5.91 Å². The molecule has 0 aliphatic carbocycles. The highest BCUT2D eigenvalue weighted by atomic mass is 16.5. The van der Waals surface area contributed by atoms with Gasteiger partial charge in [0.05, 0.1) is 18.5 Å². The van der Waals surface area contributed by atoms with Crippen LogP contribution >= 0.6 is 0 Å². The largest absolute Gasteiger partial charge is 0.495 e. The summed E-state index contributed by atoms with van der Waals surface area (Å²) >= 11 is 0. The lowest BCUT2D eigenvalue weighted by Gasteiger charge is -2.47. The molecule has 3 aromatic rings. The van der Waals surface area contributed by atoms with Crippen LogP contribution in [0.15, 0.2) is 72.9 Å². The van der Waals surface area contributed by atoms with E-state index in [9.17, 15) is 4.79 Å². The zero-order valence-corrected chi connectivity index (χ0v) is 23.3. The molecule has 7 nitrogen and oxygen atoms in total. The summed E-state index contributed by atoms with van der Waals surface area (Å²) in [7, 11) is 1.74. The van der Waals surface area contributed by atoms with E-state index in [0.29, 0.717) is 18.4 Å². The molecule has 1 amide bonds. The van der Waals surface area contributed by atoms with Crippen molar-refractivity contribution in [2.24, 2.45) is 5.92 Å². The fourth-order valence-electron chi connectivity index (χ4n) is 6.17. The summed E-state index contributed by atoms with van der Waals surface area (Å²) in [6.45, 7) is 8.97. The molecule has 2 aliphatic rings. The van der Waals surface area contributed by atoms with Crippen molar-refractivity contribution in [1.29, 1.82) is 0 Å². The molecule has 2 saturated heterocycles. The molecule has 0 bridgehead atoms. The molecule has 7 heteroatoms. The molecule has 1 aromatic heterocycles. The van der Waals surface area contributed by atoms with E-state index in [1.165, 1.54) is 5.69 Å². The molecule has 0 saturated carbocycles. The van der Waals surface area contributed by atoms with Crippen molar-refractivity contribution in [2.75, 3.05) is 56.6 Å². The first-order valence-corrected chi connectivity index (χ1v) is 14.2. The summed E-state index contributed by atoms with van der Waals surface area (Å²) in [4.78, 5) is 25.1. The summed E-state index contributed by atoms with van der Waals surface area (Å²) < 4.78 is 5.62. The number of nitrogens with zero attached hydrogens (tertiary/aromatic N) is 4. The minimum absolute atomic E-state index is 0.0993. The van der Waals surface area contributed by atoms with Crippen molar-refractivity contribution in [1.82, 2.24) is 14.8 Å². The first-order valence-electron chi connectivity index (χ1n) is 14.2. The molecule has 2 fully saturated rings. The lowest BCUT2D eigenvalue weighted by molar-refractivity contribution is -0.116. The Bertz CT molecular complexity index is 1210. The number of carbonyl (C=O) groups is 1. The van der Waals surface area contributed by atoms with E-state index < -0.39 is 0 Å². The van der Waals surface area contributed by atoms with Crippen molar-refractivity contribution in [3.63, 3.8) is 0 Å². The summed E-state index contributed by atoms with van der Waals surface area (Å²) in [5, 5.41) is 3.11. The smallest absolute Gasteiger partial charge is 0.224 e. The van der Waals surface area contributed by atoms with Gasteiger partial charge >= 0.3 is 0 Å². The second kappa shape index (κ2) is 13.1. The topological polar surface area (TPSA) is 60.9 Å². The Balaban J connectivity index is 1.23. The second-order valence-electron chi connectivity index (χ2n) is 10.8. The SMILES string of the molecule is COc1ccccc1N1CCN([C@H]2CCN(Cc3ccccn3)C[C@H]2CCC(=O)Nc2cccc(C)c2)CC1. The number of piperidine rings is 1. The molecule has 2 aromatic carbocycles. The maximum absolute atomic E-state index is 12.9. The number of aryl methyl sites for hydroxylation is 1. The van der Waals surface area contributed by atoms with Crippen LogP contribution in [0.4, 0.5) is 11.4 Å². The molecule has 206 valence electrons. The molecule has 2 aliphatic heterocycles. The standard InChI is InChI=1S/C32H41N5O2/c1-25-8-7-10-27(22-25)34-32(38)14-13-26-23-35(24-28-9-5-6-16-33-28)17-15-29(26)36-18-20-37(21-19-36)30-11-3-4-12-31(30)39-2/h3-12,16,22,26,29H,13-15,17-21,23-24H2,1-2H3,(H,34,38)/t26-,29+/m1/s1. The molecule has 39 heavy (non-hydrogen) atoms. The predicted octanol–water partition coefficient (Wildman–Crippen LogP) is 4.83. The second-order valence-corrected chi connectivity index (χ2v) is 10.8. The molecule has 1 N–H and O–H groups in total. The lowest BCUT2D eigenvalue weighted by atomic mass is 9.86. The molecular formula is C32H41N5O2. The van der Waals surface area contributed by atoms with E-state index in [0.717, 1.165) is 81.3 Å². The van der Waals surface area contributed by atoms with Crippen LogP contribution in [0.1, 0.15) is 30.5 Å². The number of carbonyl (C=O) groups excluding carboxylic acids is 1. The van der Waals surface area contributed by atoms with Gasteiger partial charge in [0.15, 0.2) is 0 Å². The number of aromatic nitrogens is 1. The van der Waals surface area contributed by atoms with Gasteiger partial charge in [0.1, 0.15) is 5.75 Å². The summed E-state index contributed by atoms with van der Waals surface area (Å²) in [5.74, 6) is 1.47. The van der Waals surface area contributed by atoms with Gasteiger partial charge in [-0.25, -0.2) is 0 Å². The Kier molecular flexibility index (Phi) is 9.12. The Morgan fingerprint density at radius 1 is 1.00 bits per heavy atom. The number of nitrogens with one attached hydrogen (secondary N) is 1. The van der Waals surface area contributed by atoms with E-state index in [1.54, 1.807) is 7.11 Å². The third kappa shape index (κ3) is 7.16. The number of amides is 1. The summed E-state index contributed by atoms with van der Waals surface area (Å²) in [6, 6.07) is 22.9. The number of piperazine rings is 1. The summed E-state index contributed by atoms with van der Waals surface area (Å²) in [6.07, 6.45) is 4.41. The number of benzene rings is 2. The van der Waals surface area contributed by atoms with Gasteiger partial charge in [-0.15, -0.1) is 0 Å². The van der Waals surface area contributed by atoms with Crippen LogP contribution in [0.2, 0.25) is 0 Å². The molecule has 0 unspecified atom stereocenters. The third-order valence-electron chi connectivity index (χ3n) is 8.14. The maximum Gasteiger partial charge on any atom is 0.224 e. The van der Waals surface area contributed by atoms with Crippen molar-refractivity contribution in [3.05, 3.63) is 84.2 Å². The monoisotopic (exact) mass is 527 g/mol. The van der Waals surface area contributed by atoms with Crippen LogP contribution in [0.3, 0.4) is 0 Å². The van der Waals surface area contributed by atoms with Gasteiger partial charge in [0.25, 0.3) is 0 Å². The fraction of sp³-hybridized carbons (Fsp3) is 0.438. The highest BCUT2D eigenvalue weighted by Crippen LogP contribution is 2.32. The lowest BCUT2D eigenvalue weighted by Crippen LogP contribution is -2.56. The minimum Gasteiger partial charge on any atom is -0.495 e. The Labute approximate surface area is 232 Å². The number of likely N-dealkylation sites (tertiary alicyclic amines) is 1. The van der Waals surface area contributed by atoms with Gasteiger partial charge in [-0.05, 0) is 67.6 Å². The van der Waals surface area contributed by atoms with Crippen LogP contribution in [0.5, 0.6) is 5.75 Å². The van der Waals surface area contributed by atoms with Crippen molar-refractivity contribution in [3.8, 4) is 5.75 Å². The normalized spacial score (nSPS) is 20.5. The van der Waals surface area contributed by atoms with Gasteiger partial charge in [-0.1, -0.05) is 30.3 Å². The highest BCUT2D eigenvalue weighted by Gasteiger charge is 2.35. The molecule has 5 rings (SSSR count). The van der Waals surface area contributed by atoms with E-state index >= 15 is 0 Å². The third-order valence-corrected chi connectivity index (χ3v) is 8.14. The average Bonchev–Trinajstić information content (AvgIpc) is 2.97. The van der Waals surface area contributed by atoms with Gasteiger partial charge in [-0.3, -0.25) is 19.6 Å². The zero-order valence-electron chi connectivity index (χ0n) is 23.3. The maximum atomic E-state index is 12.9. The number of hydrogen-bond donors (Lipinski definition) is 1. The van der Waals surface area contributed by atoms with Crippen LogP contribution in [0.25, 0.3) is 0 Å². The van der Waals surface area contributed by atoms with Crippen molar-refractivity contribution in [2.45, 2.75) is 38.8 Å². The number of para-hydroxylation sites is 2. The number of methoxy groups -OCH3 is 1. The van der Waals surface area contributed by atoms with Crippen LogP contribution < -0.4 is 15.0 Å². The highest BCUT2D eigenvalue weighted by molar-refractivity contribution is 5.90. The van der Waals surface area contributed by atoms with Crippen LogP contribution in [0, 0.1) is 12.8 Å². The number of anilines is 2. The number of ether oxygens (including phenoxy) is 1. The number of rotatable bonds is 9. The number of hydrogen-bond acceptors (Lipinski definition) is 6. The average molecular weight is 528 g/mol. The van der Waals surface area contributed by atoms with E-state index in [2.05, 4.69) is 49.3 Å². The minimum atomic E-state index is 0.0993. The van der Waals surface area contributed by atoms with Crippen LogP contribution in [-0.2, 0) is 11.3 Å². The van der Waals surface area contributed by atoms with Gasteiger partial charge < -0.3 is 15.0 Å². The Morgan fingerprint density at radius 3 is 2.59 bits per heavy atom. The first-order chi connectivity index (χ1) is 19.1. The molecule has 0 spiro atoms. The first kappa shape index (κ1) is 27.2. The molecule has 0 radical (unpaired) electrons. The fourth-order valence-corrected chi connectivity index (χ4v) is 6.17. The Morgan fingerprint density at radius 2 is 1.82 bits per heavy atom. The number of pyridine rings is 1. The van der Waals surface area contributed by atoms with Crippen molar-refractivity contribution >= 4 is 17.3 Å². The molecular weight excluding hydrogens is 486 g/mol. The van der Waals surface area contributed by atoms with Crippen LogP contribution in [-0.4, -0.2) is 73.1 Å².